The van der Waals surface area contributed by atoms with Gasteiger partial charge in [0.05, 0.1) is 17.1 Å². The summed E-state index contributed by atoms with van der Waals surface area (Å²) in [5, 5.41) is 18.3. The molecule has 2 amide bonds. The smallest absolute Gasteiger partial charge is 0.323 e. The molecule has 7 nitrogen and oxygen atoms in total. The Morgan fingerprint density at radius 3 is 2.32 bits per heavy atom. The lowest BCUT2D eigenvalue weighted by Crippen LogP contribution is -2.50. The first-order valence-corrected chi connectivity index (χ1v) is 5.95. The van der Waals surface area contributed by atoms with Crippen LogP contribution < -0.4 is 5.32 Å². The number of carbonyl (C=O) groups excluding carboxylic acids is 1. The molecule has 106 valence electrons. The van der Waals surface area contributed by atoms with E-state index >= 15 is 0 Å². The van der Waals surface area contributed by atoms with Crippen LogP contribution in [0, 0.1) is 13.8 Å². The maximum atomic E-state index is 12.2. The zero-order chi connectivity index (χ0) is 14.8. The fraction of sp³-hybridized carbons (Fsp3) is 0.583. The van der Waals surface area contributed by atoms with Gasteiger partial charge in [-0.05, 0) is 34.6 Å². The molecule has 0 saturated heterocycles. The molecule has 0 aromatic carbocycles. The molecule has 0 bridgehead atoms. The SMILES string of the molecule is Cc1n[nH]c(C)c1NC(=O)N(CC(=O)O)C(C)(C)C. The number of hydrogen-bond donors (Lipinski definition) is 3. The van der Waals surface area contributed by atoms with Crippen molar-refractivity contribution >= 4 is 17.7 Å². The summed E-state index contributed by atoms with van der Waals surface area (Å²) in [6, 6.07) is -0.456. The monoisotopic (exact) mass is 268 g/mol. The second-order valence-electron chi connectivity index (χ2n) is 5.39. The number of nitrogens with zero attached hydrogens (tertiary/aromatic N) is 2. The Morgan fingerprint density at radius 2 is 1.95 bits per heavy atom. The number of carboxylic acids is 1. The molecule has 0 radical (unpaired) electrons. The maximum Gasteiger partial charge on any atom is 0.323 e. The van der Waals surface area contributed by atoms with E-state index in [1.165, 1.54) is 4.90 Å². The summed E-state index contributed by atoms with van der Waals surface area (Å²) in [5.74, 6) is -1.05. The third kappa shape index (κ3) is 3.70. The highest BCUT2D eigenvalue weighted by atomic mass is 16.4. The molecule has 1 rings (SSSR count). The number of rotatable bonds is 3. The highest BCUT2D eigenvalue weighted by Crippen LogP contribution is 2.19. The average molecular weight is 268 g/mol. The van der Waals surface area contributed by atoms with Crippen LogP contribution in [0.3, 0.4) is 0 Å². The molecule has 0 aliphatic carbocycles. The average Bonchev–Trinajstić information content (AvgIpc) is 2.55. The van der Waals surface area contributed by atoms with Gasteiger partial charge in [-0.15, -0.1) is 0 Å². The molecule has 0 aliphatic rings. The third-order valence-corrected chi connectivity index (χ3v) is 2.71. The van der Waals surface area contributed by atoms with E-state index in [1.807, 2.05) is 0 Å². The van der Waals surface area contributed by atoms with Gasteiger partial charge in [0.25, 0.3) is 0 Å². The maximum absolute atomic E-state index is 12.2. The van der Waals surface area contributed by atoms with Gasteiger partial charge >= 0.3 is 12.0 Å². The van der Waals surface area contributed by atoms with Crippen LogP contribution in [-0.4, -0.2) is 44.3 Å². The molecule has 0 fully saturated rings. The predicted octanol–water partition coefficient (Wildman–Crippen LogP) is 1.74. The lowest BCUT2D eigenvalue weighted by molar-refractivity contribution is -0.138. The number of hydrogen-bond acceptors (Lipinski definition) is 3. The van der Waals surface area contributed by atoms with Crippen molar-refractivity contribution in [1.29, 1.82) is 0 Å². The van der Waals surface area contributed by atoms with Crippen LogP contribution in [0.1, 0.15) is 32.2 Å². The van der Waals surface area contributed by atoms with Crippen molar-refractivity contribution in [2.24, 2.45) is 0 Å². The largest absolute Gasteiger partial charge is 0.480 e. The quantitative estimate of drug-likeness (QED) is 0.777. The van der Waals surface area contributed by atoms with E-state index in [4.69, 9.17) is 5.11 Å². The highest BCUT2D eigenvalue weighted by molar-refractivity contribution is 5.92. The number of anilines is 1. The van der Waals surface area contributed by atoms with Crippen molar-refractivity contribution in [3.8, 4) is 0 Å². The van der Waals surface area contributed by atoms with Crippen LogP contribution in [0.15, 0.2) is 0 Å². The predicted molar refractivity (Wildman–Crippen MR) is 71.2 cm³/mol. The molecule has 0 unspecified atom stereocenters. The second-order valence-corrected chi connectivity index (χ2v) is 5.39. The summed E-state index contributed by atoms with van der Waals surface area (Å²) in [4.78, 5) is 24.3. The van der Waals surface area contributed by atoms with E-state index in [2.05, 4.69) is 15.5 Å². The summed E-state index contributed by atoms with van der Waals surface area (Å²) in [6.07, 6.45) is 0. The van der Waals surface area contributed by atoms with E-state index in [0.717, 1.165) is 5.69 Å². The summed E-state index contributed by atoms with van der Waals surface area (Å²) in [6.45, 7) is 8.54. The van der Waals surface area contributed by atoms with E-state index in [1.54, 1.807) is 34.6 Å². The molecule has 1 aromatic rings. The van der Waals surface area contributed by atoms with E-state index in [-0.39, 0.29) is 6.54 Å². The summed E-state index contributed by atoms with van der Waals surface area (Å²) in [7, 11) is 0. The minimum Gasteiger partial charge on any atom is -0.480 e. The van der Waals surface area contributed by atoms with Crippen LogP contribution in [0.2, 0.25) is 0 Å². The van der Waals surface area contributed by atoms with Gasteiger partial charge in [-0.3, -0.25) is 9.89 Å². The van der Waals surface area contributed by atoms with E-state index < -0.39 is 17.5 Å². The molecule has 3 N–H and O–H groups in total. The van der Waals surface area contributed by atoms with Crippen molar-refractivity contribution in [3.63, 3.8) is 0 Å². The molecule has 1 heterocycles. The molecule has 19 heavy (non-hydrogen) atoms. The molecule has 0 spiro atoms. The van der Waals surface area contributed by atoms with Gasteiger partial charge in [-0.2, -0.15) is 5.10 Å². The number of carbonyl (C=O) groups is 2. The van der Waals surface area contributed by atoms with Crippen molar-refractivity contribution in [3.05, 3.63) is 11.4 Å². The van der Waals surface area contributed by atoms with Gasteiger partial charge in [0, 0.05) is 5.54 Å². The zero-order valence-corrected chi connectivity index (χ0v) is 11.9. The van der Waals surface area contributed by atoms with Crippen LogP contribution in [0.4, 0.5) is 10.5 Å². The lowest BCUT2D eigenvalue weighted by atomic mass is 10.1. The van der Waals surface area contributed by atoms with Gasteiger partial charge in [0.1, 0.15) is 6.54 Å². The highest BCUT2D eigenvalue weighted by Gasteiger charge is 2.29. The Balaban J connectivity index is 2.92. The van der Waals surface area contributed by atoms with Crippen LogP contribution in [0.25, 0.3) is 0 Å². The normalized spacial score (nSPS) is 11.2. The van der Waals surface area contributed by atoms with Crippen molar-refractivity contribution in [2.45, 2.75) is 40.2 Å². The van der Waals surface area contributed by atoms with Gasteiger partial charge in [0.15, 0.2) is 0 Å². The Hall–Kier alpha value is -2.05. The summed E-state index contributed by atoms with van der Waals surface area (Å²) >= 11 is 0. The number of aryl methyl sites for hydroxylation is 2. The topological polar surface area (TPSA) is 98.3 Å². The lowest BCUT2D eigenvalue weighted by Gasteiger charge is -2.34. The Kier molecular flexibility index (Phi) is 4.18. The molecule has 7 heteroatoms. The number of carboxylic acid groups (broad SMARTS) is 1. The Morgan fingerprint density at radius 1 is 1.37 bits per heavy atom. The zero-order valence-electron chi connectivity index (χ0n) is 11.9. The van der Waals surface area contributed by atoms with Gasteiger partial charge < -0.3 is 15.3 Å². The third-order valence-electron chi connectivity index (χ3n) is 2.71. The minimum absolute atomic E-state index is 0.356. The molecule has 0 aliphatic heterocycles. The summed E-state index contributed by atoms with van der Waals surface area (Å²) < 4.78 is 0. The fourth-order valence-corrected chi connectivity index (χ4v) is 1.66. The first-order chi connectivity index (χ1) is 8.62. The first-order valence-electron chi connectivity index (χ1n) is 5.95. The van der Waals surface area contributed by atoms with Crippen LogP contribution in [-0.2, 0) is 4.79 Å². The van der Waals surface area contributed by atoms with Gasteiger partial charge in [0.2, 0.25) is 0 Å². The van der Waals surface area contributed by atoms with Crippen LogP contribution in [0.5, 0.6) is 0 Å². The van der Waals surface area contributed by atoms with Crippen LogP contribution >= 0.6 is 0 Å². The number of H-pyrrole nitrogens is 1. The van der Waals surface area contributed by atoms with E-state index in [0.29, 0.717) is 11.4 Å². The first kappa shape index (κ1) is 15.0. The number of aromatic amines is 1. The molecular weight excluding hydrogens is 248 g/mol. The van der Waals surface area contributed by atoms with Crippen molar-refractivity contribution < 1.29 is 14.7 Å². The van der Waals surface area contributed by atoms with E-state index in [9.17, 15) is 9.59 Å². The number of nitrogens with one attached hydrogen (secondary N) is 2. The molecule has 0 saturated carbocycles. The molecule has 1 aromatic heterocycles. The Bertz CT molecular complexity index is 468. The standard InChI is InChI=1S/C12H20N4O3/c1-7-10(8(2)15-14-7)13-11(19)16(6-9(17)18)12(3,4)5/h6H2,1-5H3,(H,13,19)(H,14,15)(H,17,18). The number of aliphatic carboxylic acids is 1. The fourth-order valence-electron chi connectivity index (χ4n) is 1.66. The summed E-state index contributed by atoms with van der Waals surface area (Å²) in [5.41, 5.74) is 1.39. The number of urea groups is 1. The van der Waals surface area contributed by atoms with Crippen molar-refractivity contribution in [2.75, 3.05) is 11.9 Å². The van der Waals surface area contributed by atoms with Gasteiger partial charge in [-0.25, -0.2) is 4.79 Å². The second kappa shape index (κ2) is 5.29. The number of amides is 2. The minimum atomic E-state index is -1.05. The Labute approximate surface area is 112 Å². The molecule has 0 atom stereocenters. The number of aromatic nitrogens is 2. The van der Waals surface area contributed by atoms with Crippen molar-refractivity contribution in [1.82, 2.24) is 15.1 Å². The molecular formula is C12H20N4O3. The van der Waals surface area contributed by atoms with Gasteiger partial charge in [-0.1, -0.05) is 0 Å².